The fraction of sp³-hybridized carbons (Fsp3) is 0.625. The summed E-state index contributed by atoms with van der Waals surface area (Å²) < 4.78 is 38.3. The van der Waals surface area contributed by atoms with Crippen molar-refractivity contribution in [3.8, 4) is 11.5 Å². The van der Waals surface area contributed by atoms with Crippen molar-refractivity contribution < 1.29 is 17.9 Å². The summed E-state index contributed by atoms with van der Waals surface area (Å²) in [4.78, 5) is 2.70. The van der Waals surface area contributed by atoms with E-state index in [1.165, 1.54) is 7.11 Å². The van der Waals surface area contributed by atoms with Crippen LogP contribution in [0.2, 0.25) is 0 Å². The molecular weight excluding hydrogens is 316 g/mol. The van der Waals surface area contributed by atoms with E-state index in [4.69, 9.17) is 9.47 Å². The van der Waals surface area contributed by atoms with Crippen molar-refractivity contribution in [3.05, 3.63) is 17.7 Å². The average Bonchev–Trinajstić information content (AvgIpc) is 3.01. The second-order valence-electron chi connectivity index (χ2n) is 6.17. The minimum atomic E-state index is -3.52. The highest BCUT2D eigenvalue weighted by molar-refractivity contribution is 7.89. The Morgan fingerprint density at radius 1 is 1.09 bits per heavy atom. The van der Waals surface area contributed by atoms with E-state index in [0.29, 0.717) is 41.1 Å². The van der Waals surface area contributed by atoms with E-state index in [-0.39, 0.29) is 0 Å². The number of piperazine rings is 1. The van der Waals surface area contributed by atoms with E-state index in [1.807, 2.05) is 0 Å². The van der Waals surface area contributed by atoms with Crippen molar-refractivity contribution in [2.45, 2.75) is 30.7 Å². The predicted molar refractivity (Wildman–Crippen MR) is 87.6 cm³/mol. The zero-order valence-electron chi connectivity index (χ0n) is 13.9. The summed E-state index contributed by atoms with van der Waals surface area (Å²) in [5.74, 6) is 0.987. The Morgan fingerprint density at radius 2 is 1.78 bits per heavy atom. The molecule has 0 saturated carbocycles. The van der Waals surface area contributed by atoms with Gasteiger partial charge in [-0.2, -0.15) is 4.31 Å². The molecule has 1 aromatic carbocycles. The molecule has 0 radical (unpaired) electrons. The third-order valence-corrected chi connectivity index (χ3v) is 6.86. The van der Waals surface area contributed by atoms with E-state index < -0.39 is 10.0 Å². The van der Waals surface area contributed by atoms with Gasteiger partial charge in [0.25, 0.3) is 0 Å². The van der Waals surface area contributed by atoms with Crippen molar-refractivity contribution in [3.63, 3.8) is 0 Å². The predicted octanol–water partition coefficient (Wildman–Crippen LogP) is 1.48. The van der Waals surface area contributed by atoms with Crippen LogP contribution in [0.4, 0.5) is 0 Å². The summed E-state index contributed by atoms with van der Waals surface area (Å²) in [5, 5.41) is 0. The van der Waals surface area contributed by atoms with Gasteiger partial charge in [0.2, 0.25) is 10.0 Å². The molecule has 2 heterocycles. The lowest BCUT2D eigenvalue weighted by molar-refractivity contribution is 0.158. The van der Waals surface area contributed by atoms with Crippen molar-refractivity contribution in [1.29, 1.82) is 0 Å². The molecule has 0 bridgehead atoms. The number of aryl methyl sites for hydroxylation is 1. The summed E-state index contributed by atoms with van der Waals surface area (Å²) >= 11 is 0. The molecule has 7 heteroatoms. The SMILES string of the molecule is COc1cc(C)c(S(=O)(=O)N2CCN3CCCC3C2)cc1OC. The van der Waals surface area contributed by atoms with Gasteiger partial charge in [0.1, 0.15) is 0 Å². The van der Waals surface area contributed by atoms with Crippen molar-refractivity contribution >= 4 is 10.0 Å². The Bertz CT molecular complexity index is 690. The first-order valence-electron chi connectivity index (χ1n) is 7.94. The molecule has 0 aliphatic carbocycles. The molecule has 0 N–H and O–H groups in total. The minimum Gasteiger partial charge on any atom is -0.493 e. The van der Waals surface area contributed by atoms with Crippen LogP contribution in [0, 0.1) is 6.92 Å². The highest BCUT2D eigenvalue weighted by Gasteiger charge is 2.37. The molecule has 1 aromatic rings. The molecule has 6 nitrogen and oxygen atoms in total. The second-order valence-corrected chi connectivity index (χ2v) is 8.07. The fourth-order valence-corrected chi connectivity index (χ4v) is 5.25. The van der Waals surface area contributed by atoms with Crippen molar-refractivity contribution in [1.82, 2.24) is 9.21 Å². The normalized spacial score (nSPS) is 22.8. The standard InChI is InChI=1S/C16H24N2O4S/c1-12-9-14(21-2)15(22-3)10-16(12)23(19,20)18-8-7-17-6-4-5-13(17)11-18/h9-10,13H,4-8,11H2,1-3H3. The van der Waals surface area contributed by atoms with Gasteiger partial charge < -0.3 is 9.47 Å². The van der Waals surface area contributed by atoms with Gasteiger partial charge in [-0.05, 0) is 37.9 Å². The summed E-state index contributed by atoms with van der Waals surface area (Å²) in [6.07, 6.45) is 2.24. The van der Waals surface area contributed by atoms with Crippen LogP contribution in [0.25, 0.3) is 0 Å². The zero-order valence-corrected chi connectivity index (χ0v) is 14.7. The first-order valence-corrected chi connectivity index (χ1v) is 9.38. The number of rotatable bonds is 4. The number of sulfonamides is 1. The third kappa shape index (κ3) is 2.93. The van der Waals surface area contributed by atoms with Crippen LogP contribution in [0.1, 0.15) is 18.4 Å². The van der Waals surface area contributed by atoms with Crippen molar-refractivity contribution in [2.75, 3.05) is 40.4 Å². The number of ether oxygens (including phenoxy) is 2. The topological polar surface area (TPSA) is 59.1 Å². The lowest BCUT2D eigenvalue weighted by Crippen LogP contribution is -2.51. The average molecular weight is 340 g/mol. The molecule has 3 rings (SSSR count). The number of hydrogen-bond acceptors (Lipinski definition) is 5. The van der Waals surface area contributed by atoms with Gasteiger partial charge in [-0.15, -0.1) is 0 Å². The van der Waals surface area contributed by atoms with E-state index in [2.05, 4.69) is 4.90 Å². The molecule has 1 atom stereocenters. The van der Waals surface area contributed by atoms with Crippen LogP contribution in [0.15, 0.2) is 17.0 Å². The molecule has 1 unspecified atom stereocenters. The van der Waals surface area contributed by atoms with Crippen LogP contribution in [0.5, 0.6) is 11.5 Å². The number of methoxy groups -OCH3 is 2. The van der Waals surface area contributed by atoms with E-state index >= 15 is 0 Å². The summed E-state index contributed by atoms with van der Waals surface area (Å²) in [7, 11) is -0.457. The molecule has 23 heavy (non-hydrogen) atoms. The zero-order chi connectivity index (χ0) is 16.6. The van der Waals surface area contributed by atoms with Crippen LogP contribution in [-0.2, 0) is 10.0 Å². The van der Waals surface area contributed by atoms with Gasteiger partial charge in [-0.1, -0.05) is 0 Å². The Morgan fingerprint density at radius 3 is 2.48 bits per heavy atom. The maximum absolute atomic E-state index is 13.1. The molecule has 2 aliphatic heterocycles. The maximum Gasteiger partial charge on any atom is 0.243 e. The molecule has 0 spiro atoms. The third-order valence-electron chi connectivity index (χ3n) is 4.85. The second kappa shape index (κ2) is 6.30. The fourth-order valence-electron chi connectivity index (χ4n) is 3.56. The smallest absolute Gasteiger partial charge is 0.243 e. The van der Waals surface area contributed by atoms with Gasteiger partial charge in [0, 0.05) is 31.7 Å². The first-order chi connectivity index (χ1) is 11.0. The molecular formula is C16H24N2O4S. The molecule has 0 aromatic heterocycles. The quantitative estimate of drug-likeness (QED) is 0.831. The Hall–Kier alpha value is -1.31. The number of benzene rings is 1. The monoisotopic (exact) mass is 340 g/mol. The Labute approximate surface area is 138 Å². The number of hydrogen-bond donors (Lipinski definition) is 0. The van der Waals surface area contributed by atoms with E-state index in [1.54, 1.807) is 30.5 Å². The van der Waals surface area contributed by atoms with Gasteiger partial charge in [-0.3, -0.25) is 4.90 Å². The van der Waals surface area contributed by atoms with Crippen LogP contribution in [0.3, 0.4) is 0 Å². The Kier molecular flexibility index (Phi) is 4.53. The van der Waals surface area contributed by atoms with Gasteiger partial charge in [0.15, 0.2) is 11.5 Å². The van der Waals surface area contributed by atoms with Crippen molar-refractivity contribution in [2.24, 2.45) is 0 Å². The number of fused-ring (bicyclic) bond motifs is 1. The summed E-state index contributed by atoms with van der Waals surface area (Å²) in [6.45, 7) is 4.83. The lowest BCUT2D eigenvalue weighted by atomic mass is 10.2. The van der Waals surface area contributed by atoms with Crippen LogP contribution in [-0.4, -0.2) is 64.1 Å². The molecule has 0 amide bonds. The highest BCUT2D eigenvalue weighted by atomic mass is 32.2. The molecule has 2 saturated heterocycles. The lowest BCUT2D eigenvalue weighted by Gasteiger charge is -2.36. The van der Waals surface area contributed by atoms with Crippen LogP contribution >= 0.6 is 0 Å². The van der Waals surface area contributed by atoms with E-state index in [0.717, 1.165) is 25.9 Å². The van der Waals surface area contributed by atoms with Gasteiger partial charge in [0.05, 0.1) is 19.1 Å². The minimum absolute atomic E-state index is 0.307. The highest BCUT2D eigenvalue weighted by Crippen LogP contribution is 2.34. The van der Waals surface area contributed by atoms with Gasteiger partial charge >= 0.3 is 0 Å². The Balaban J connectivity index is 1.93. The van der Waals surface area contributed by atoms with Gasteiger partial charge in [-0.25, -0.2) is 8.42 Å². The first kappa shape index (κ1) is 16.5. The summed E-state index contributed by atoms with van der Waals surface area (Å²) in [5.41, 5.74) is 0.677. The molecule has 2 fully saturated rings. The number of nitrogens with zero attached hydrogens (tertiary/aromatic N) is 2. The molecule has 2 aliphatic rings. The maximum atomic E-state index is 13.1. The van der Waals surface area contributed by atoms with E-state index in [9.17, 15) is 8.42 Å². The molecule has 128 valence electrons. The van der Waals surface area contributed by atoms with Crippen LogP contribution < -0.4 is 9.47 Å². The largest absolute Gasteiger partial charge is 0.493 e. The summed E-state index contributed by atoms with van der Waals surface area (Å²) in [6, 6.07) is 3.65.